The fraction of sp³-hybridized carbons (Fsp3) is 0.714. The predicted molar refractivity (Wildman–Crippen MR) is 67.4 cm³/mol. The molecule has 2 heterocycles. The molecule has 0 N–H and O–H groups in total. The first-order valence-electron chi connectivity index (χ1n) is 6.14. The molecule has 0 unspecified atom stereocenters. The Hall–Kier alpha value is -0.960. The first-order valence-corrected chi connectivity index (χ1v) is 6.14. The Kier molecular flexibility index (Phi) is 2.58. The zero-order chi connectivity index (χ0) is 12.9. The van der Waals surface area contributed by atoms with Gasteiger partial charge in [0.2, 0.25) is 0 Å². The van der Waals surface area contributed by atoms with Crippen molar-refractivity contribution in [1.29, 1.82) is 0 Å². The molecule has 1 aromatic rings. The first kappa shape index (κ1) is 12.5. The molecule has 17 heavy (non-hydrogen) atoms. The highest BCUT2D eigenvalue weighted by Crippen LogP contribution is 2.57. The first-order chi connectivity index (χ1) is 7.70. The predicted octanol–water partition coefficient (Wildman–Crippen LogP) is 3.29. The van der Waals surface area contributed by atoms with Gasteiger partial charge in [-0.25, -0.2) is 0 Å². The van der Waals surface area contributed by atoms with E-state index in [1.807, 2.05) is 12.4 Å². The standard InChI is InChI=1S/C14H22N2O/c1-12(2,3)14(13(4,5)6)11-8-16-15-7-10(11)9-17-14/h7-8H,9H2,1-6H3. The molecule has 0 aromatic carbocycles. The third kappa shape index (κ3) is 1.60. The number of aromatic nitrogens is 2. The zero-order valence-corrected chi connectivity index (χ0v) is 11.7. The lowest BCUT2D eigenvalue weighted by atomic mass is 9.60. The number of fused-ring (bicyclic) bond motifs is 1. The average Bonchev–Trinajstić information content (AvgIpc) is 2.55. The summed E-state index contributed by atoms with van der Waals surface area (Å²) in [6, 6.07) is 0. The fourth-order valence-corrected chi connectivity index (χ4v) is 3.41. The zero-order valence-electron chi connectivity index (χ0n) is 11.7. The molecule has 1 aliphatic heterocycles. The second kappa shape index (κ2) is 3.52. The molecule has 0 saturated carbocycles. The maximum atomic E-state index is 6.26. The number of ether oxygens (including phenoxy) is 1. The van der Waals surface area contributed by atoms with Gasteiger partial charge in [0, 0.05) is 11.1 Å². The van der Waals surface area contributed by atoms with E-state index in [9.17, 15) is 0 Å². The van der Waals surface area contributed by atoms with Crippen LogP contribution in [0, 0.1) is 10.8 Å². The second-order valence-corrected chi connectivity index (χ2v) is 6.90. The van der Waals surface area contributed by atoms with Crippen LogP contribution in [0.3, 0.4) is 0 Å². The van der Waals surface area contributed by atoms with Gasteiger partial charge in [-0.3, -0.25) is 0 Å². The van der Waals surface area contributed by atoms with E-state index in [1.54, 1.807) is 0 Å². The molecule has 0 spiro atoms. The molecule has 3 heteroatoms. The molecule has 3 nitrogen and oxygen atoms in total. The van der Waals surface area contributed by atoms with Gasteiger partial charge in [-0.1, -0.05) is 41.5 Å². The molecule has 2 rings (SSSR count). The minimum Gasteiger partial charge on any atom is -0.364 e. The van der Waals surface area contributed by atoms with E-state index in [-0.39, 0.29) is 16.4 Å². The molecule has 0 bridgehead atoms. The summed E-state index contributed by atoms with van der Waals surface area (Å²) in [5.74, 6) is 0. The normalized spacial score (nSPS) is 19.2. The van der Waals surface area contributed by atoms with Gasteiger partial charge in [0.25, 0.3) is 0 Å². The van der Waals surface area contributed by atoms with Gasteiger partial charge in [0.1, 0.15) is 5.60 Å². The van der Waals surface area contributed by atoms with E-state index in [0.29, 0.717) is 6.61 Å². The van der Waals surface area contributed by atoms with Crippen LogP contribution in [-0.2, 0) is 16.9 Å². The van der Waals surface area contributed by atoms with Crippen LogP contribution in [0.1, 0.15) is 52.7 Å². The van der Waals surface area contributed by atoms with E-state index in [0.717, 1.165) is 0 Å². The van der Waals surface area contributed by atoms with Crippen LogP contribution in [0.15, 0.2) is 12.4 Å². The van der Waals surface area contributed by atoms with Crippen molar-refractivity contribution in [2.45, 2.75) is 53.8 Å². The Morgan fingerprint density at radius 2 is 1.53 bits per heavy atom. The molecule has 0 fully saturated rings. The maximum Gasteiger partial charge on any atom is 0.105 e. The van der Waals surface area contributed by atoms with Crippen molar-refractivity contribution in [1.82, 2.24) is 10.2 Å². The Labute approximate surface area is 104 Å². The molecule has 94 valence electrons. The van der Waals surface area contributed by atoms with Gasteiger partial charge in [-0.15, -0.1) is 0 Å². The second-order valence-electron chi connectivity index (χ2n) is 6.90. The Bertz CT molecular complexity index is 413. The van der Waals surface area contributed by atoms with Crippen molar-refractivity contribution in [3.63, 3.8) is 0 Å². The van der Waals surface area contributed by atoms with Gasteiger partial charge in [0.15, 0.2) is 0 Å². The van der Waals surface area contributed by atoms with Crippen LogP contribution < -0.4 is 0 Å². The lowest BCUT2D eigenvalue weighted by Gasteiger charge is -2.50. The summed E-state index contributed by atoms with van der Waals surface area (Å²) >= 11 is 0. The smallest absolute Gasteiger partial charge is 0.105 e. The maximum absolute atomic E-state index is 6.26. The summed E-state index contributed by atoms with van der Waals surface area (Å²) in [6.07, 6.45) is 3.70. The van der Waals surface area contributed by atoms with Gasteiger partial charge in [0.05, 0.1) is 19.0 Å². The van der Waals surface area contributed by atoms with Crippen LogP contribution >= 0.6 is 0 Å². The number of hydrogen-bond donors (Lipinski definition) is 0. The lowest BCUT2D eigenvalue weighted by molar-refractivity contribution is -0.180. The molecular weight excluding hydrogens is 212 g/mol. The molecule has 1 aromatic heterocycles. The van der Waals surface area contributed by atoms with Crippen molar-refractivity contribution in [3.05, 3.63) is 23.5 Å². The molecule has 1 aliphatic rings. The van der Waals surface area contributed by atoms with Gasteiger partial charge >= 0.3 is 0 Å². The Morgan fingerprint density at radius 1 is 1.00 bits per heavy atom. The van der Waals surface area contributed by atoms with Crippen LogP contribution in [0.4, 0.5) is 0 Å². The summed E-state index contributed by atoms with van der Waals surface area (Å²) in [5, 5.41) is 8.00. The quantitative estimate of drug-likeness (QED) is 0.691. The summed E-state index contributed by atoms with van der Waals surface area (Å²) in [5.41, 5.74) is 2.10. The molecule has 0 aliphatic carbocycles. The minimum atomic E-state index is -0.300. The highest BCUT2D eigenvalue weighted by molar-refractivity contribution is 5.35. The molecule has 0 atom stereocenters. The summed E-state index contributed by atoms with van der Waals surface area (Å²) in [7, 11) is 0. The van der Waals surface area contributed by atoms with Crippen molar-refractivity contribution in [2.24, 2.45) is 10.8 Å². The summed E-state index contributed by atoms with van der Waals surface area (Å²) in [4.78, 5) is 0. The van der Waals surface area contributed by atoms with Crippen LogP contribution in [0.25, 0.3) is 0 Å². The van der Waals surface area contributed by atoms with Gasteiger partial charge in [-0.2, -0.15) is 10.2 Å². The number of rotatable bonds is 0. The van der Waals surface area contributed by atoms with E-state index in [2.05, 4.69) is 51.7 Å². The van der Waals surface area contributed by atoms with Gasteiger partial charge in [-0.05, 0) is 10.8 Å². The third-order valence-electron chi connectivity index (χ3n) is 3.75. The number of nitrogens with zero attached hydrogens (tertiary/aromatic N) is 2. The van der Waals surface area contributed by atoms with Crippen LogP contribution in [-0.4, -0.2) is 10.2 Å². The molecule has 0 radical (unpaired) electrons. The molecule has 0 saturated heterocycles. The van der Waals surface area contributed by atoms with E-state index < -0.39 is 0 Å². The highest BCUT2D eigenvalue weighted by Gasteiger charge is 2.56. The average molecular weight is 234 g/mol. The van der Waals surface area contributed by atoms with Crippen molar-refractivity contribution >= 4 is 0 Å². The fourth-order valence-electron chi connectivity index (χ4n) is 3.41. The van der Waals surface area contributed by atoms with E-state index >= 15 is 0 Å². The van der Waals surface area contributed by atoms with Crippen LogP contribution in [0.5, 0.6) is 0 Å². The molecule has 0 amide bonds. The Morgan fingerprint density at radius 3 is 2.06 bits per heavy atom. The van der Waals surface area contributed by atoms with Crippen molar-refractivity contribution in [3.8, 4) is 0 Å². The largest absolute Gasteiger partial charge is 0.364 e. The third-order valence-corrected chi connectivity index (χ3v) is 3.75. The molecular formula is C14H22N2O. The highest BCUT2D eigenvalue weighted by atomic mass is 16.5. The lowest BCUT2D eigenvalue weighted by Crippen LogP contribution is -2.50. The van der Waals surface area contributed by atoms with Crippen molar-refractivity contribution < 1.29 is 4.74 Å². The summed E-state index contributed by atoms with van der Waals surface area (Å²) in [6.45, 7) is 14.0. The summed E-state index contributed by atoms with van der Waals surface area (Å²) < 4.78 is 6.26. The van der Waals surface area contributed by atoms with E-state index in [4.69, 9.17) is 4.74 Å². The monoisotopic (exact) mass is 234 g/mol. The number of hydrogen-bond acceptors (Lipinski definition) is 3. The topological polar surface area (TPSA) is 35.0 Å². The minimum absolute atomic E-state index is 0.0134. The van der Waals surface area contributed by atoms with Gasteiger partial charge < -0.3 is 4.74 Å². The van der Waals surface area contributed by atoms with Crippen molar-refractivity contribution in [2.75, 3.05) is 0 Å². The van der Waals surface area contributed by atoms with Crippen LogP contribution in [0.2, 0.25) is 0 Å². The SMILES string of the molecule is CC(C)(C)C1(C(C)(C)C)OCc2cnncc21. The van der Waals surface area contributed by atoms with E-state index in [1.165, 1.54) is 11.1 Å². The Balaban J connectivity index is 2.68.